The van der Waals surface area contributed by atoms with Crippen LogP contribution in [0.5, 0.6) is 0 Å². The van der Waals surface area contributed by atoms with Gasteiger partial charge in [0.2, 0.25) is 0 Å². The Morgan fingerprint density at radius 3 is 1.98 bits per heavy atom. The first kappa shape index (κ1) is 30.8. The van der Waals surface area contributed by atoms with Crippen LogP contribution in [-0.4, -0.2) is 23.9 Å². The number of pyridine rings is 1. The van der Waals surface area contributed by atoms with E-state index >= 15 is 0 Å². The molecule has 0 unspecified atom stereocenters. The highest BCUT2D eigenvalue weighted by Gasteiger charge is 2.48. The molecule has 9 aromatic rings. The first-order valence-electron chi connectivity index (χ1n) is 18.4. The van der Waals surface area contributed by atoms with Crippen molar-refractivity contribution < 1.29 is 0 Å². The molecule has 0 N–H and O–H groups in total. The molecule has 5 nitrogen and oxygen atoms in total. The molecule has 1 aliphatic heterocycles. The fourth-order valence-electron chi connectivity index (χ4n) is 8.81. The van der Waals surface area contributed by atoms with Gasteiger partial charge in [-0.1, -0.05) is 114 Å². The second-order valence-electron chi connectivity index (χ2n) is 15.8. The summed E-state index contributed by atoms with van der Waals surface area (Å²) in [6.07, 6.45) is 4.01. The van der Waals surface area contributed by atoms with Crippen molar-refractivity contribution in [2.75, 3.05) is 0 Å². The van der Waals surface area contributed by atoms with Gasteiger partial charge in [0, 0.05) is 49.8 Å². The second-order valence-corrected chi connectivity index (χ2v) is 15.8. The van der Waals surface area contributed by atoms with E-state index in [1.54, 1.807) is 0 Å². The molecule has 5 aromatic carbocycles. The Labute approximate surface area is 303 Å². The predicted molar refractivity (Wildman–Crippen MR) is 216 cm³/mol. The van der Waals surface area contributed by atoms with Crippen LogP contribution in [-0.2, 0) is 10.8 Å². The zero-order valence-electron chi connectivity index (χ0n) is 30.5. The standard InChI is InChI=1S/C47H41N5/c1-29(2)31-22-23-48-44(24-31)51-40-19-13-10-16-33(40)35-21-20-32(25-41(35)51)50-39-18-12-11-17-34(39)36-26-38-43(27-42(36)50)52-45(47(5,6)46(38,3)4)37(28-49-52)30-14-8-7-9-15-30/h7-29H,1-6H3. The van der Waals surface area contributed by atoms with Gasteiger partial charge in [-0.3, -0.25) is 4.57 Å². The maximum Gasteiger partial charge on any atom is 0.137 e. The number of nitrogens with zero attached hydrogens (tertiary/aromatic N) is 5. The third-order valence-corrected chi connectivity index (χ3v) is 12.3. The topological polar surface area (TPSA) is 40.6 Å². The van der Waals surface area contributed by atoms with Crippen LogP contribution in [0.25, 0.3) is 71.9 Å². The lowest BCUT2D eigenvalue weighted by Crippen LogP contribution is -2.46. The summed E-state index contributed by atoms with van der Waals surface area (Å²) in [6, 6.07) is 44.3. The molecule has 0 saturated carbocycles. The van der Waals surface area contributed by atoms with Crippen molar-refractivity contribution in [1.82, 2.24) is 23.9 Å². The van der Waals surface area contributed by atoms with E-state index in [1.807, 2.05) is 6.20 Å². The highest BCUT2D eigenvalue weighted by Crippen LogP contribution is 2.53. The molecule has 0 fully saturated rings. The summed E-state index contributed by atoms with van der Waals surface area (Å²) in [6.45, 7) is 14.0. The van der Waals surface area contributed by atoms with Gasteiger partial charge in [0.1, 0.15) is 5.82 Å². The summed E-state index contributed by atoms with van der Waals surface area (Å²) in [5.41, 5.74) is 12.8. The van der Waals surface area contributed by atoms with Crippen molar-refractivity contribution in [2.45, 2.75) is 58.3 Å². The highest BCUT2D eigenvalue weighted by molar-refractivity contribution is 6.12. The van der Waals surface area contributed by atoms with Crippen molar-refractivity contribution in [3.63, 3.8) is 0 Å². The number of rotatable bonds is 4. The summed E-state index contributed by atoms with van der Waals surface area (Å²) in [7, 11) is 0. The largest absolute Gasteiger partial charge is 0.309 e. The van der Waals surface area contributed by atoms with Gasteiger partial charge in [-0.15, -0.1) is 0 Å². The number of fused-ring (bicyclic) bond motifs is 9. The molecule has 5 heteroatoms. The number of hydrogen-bond acceptors (Lipinski definition) is 2. The van der Waals surface area contributed by atoms with E-state index in [4.69, 9.17) is 10.1 Å². The Kier molecular flexibility index (Phi) is 6.40. The van der Waals surface area contributed by atoms with Crippen LogP contribution in [0.4, 0.5) is 0 Å². The van der Waals surface area contributed by atoms with Crippen LogP contribution in [0, 0.1) is 0 Å². The van der Waals surface area contributed by atoms with Gasteiger partial charge in [-0.2, -0.15) is 5.10 Å². The molecule has 1 aliphatic rings. The molecule has 0 radical (unpaired) electrons. The van der Waals surface area contributed by atoms with Crippen LogP contribution >= 0.6 is 0 Å². The van der Waals surface area contributed by atoms with E-state index in [9.17, 15) is 0 Å². The van der Waals surface area contributed by atoms with Gasteiger partial charge in [0.05, 0.1) is 39.6 Å². The van der Waals surface area contributed by atoms with Gasteiger partial charge in [-0.25, -0.2) is 9.67 Å². The summed E-state index contributed by atoms with van der Waals surface area (Å²) in [4.78, 5) is 4.92. The van der Waals surface area contributed by atoms with Gasteiger partial charge in [0.25, 0.3) is 0 Å². The molecule has 10 rings (SSSR count). The lowest BCUT2D eigenvalue weighted by atomic mass is 9.59. The summed E-state index contributed by atoms with van der Waals surface area (Å²) >= 11 is 0. The lowest BCUT2D eigenvalue weighted by Gasteiger charge is -2.47. The number of aromatic nitrogens is 5. The molecular formula is C47H41N5. The van der Waals surface area contributed by atoms with Crippen LogP contribution in [0.1, 0.15) is 64.3 Å². The van der Waals surface area contributed by atoms with Crippen LogP contribution in [0.2, 0.25) is 0 Å². The summed E-state index contributed by atoms with van der Waals surface area (Å²) in [5.74, 6) is 1.35. The smallest absolute Gasteiger partial charge is 0.137 e. The van der Waals surface area contributed by atoms with E-state index < -0.39 is 0 Å². The van der Waals surface area contributed by atoms with Crippen LogP contribution in [0.3, 0.4) is 0 Å². The van der Waals surface area contributed by atoms with E-state index in [1.165, 1.54) is 60.5 Å². The molecular weight excluding hydrogens is 635 g/mol. The SMILES string of the molecule is CC(C)c1ccnc(-n2c3ccccc3c3ccc(-n4c5ccccc5c5cc6c(cc54)-n4ncc(-c5ccccc5)c4C(C)(C)C6(C)C)cc32)c1. The lowest BCUT2D eigenvalue weighted by molar-refractivity contribution is 0.276. The minimum atomic E-state index is -0.187. The molecule has 0 bridgehead atoms. The Hall–Kier alpha value is -5.94. The highest BCUT2D eigenvalue weighted by atomic mass is 15.3. The molecule has 254 valence electrons. The van der Waals surface area contributed by atoms with E-state index in [0.717, 1.165) is 28.2 Å². The summed E-state index contributed by atoms with van der Waals surface area (Å²) in [5, 5.41) is 10.1. The third-order valence-electron chi connectivity index (χ3n) is 12.3. The average molecular weight is 676 g/mol. The minimum Gasteiger partial charge on any atom is -0.309 e. The fraction of sp³-hybridized carbons (Fsp3) is 0.191. The molecule has 0 saturated heterocycles. The average Bonchev–Trinajstić information content (AvgIpc) is 3.85. The van der Waals surface area contributed by atoms with Gasteiger partial charge >= 0.3 is 0 Å². The van der Waals surface area contributed by atoms with Gasteiger partial charge in [0.15, 0.2) is 0 Å². The fourth-order valence-corrected chi connectivity index (χ4v) is 8.81. The zero-order valence-corrected chi connectivity index (χ0v) is 30.5. The van der Waals surface area contributed by atoms with Gasteiger partial charge < -0.3 is 4.57 Å². The molecule has 4 aromatic heterocycles. The predicted octanol–water partition coefficient (Wildman–Crippen LogP) is 11.8. The quantitative estimate of drug-likeness (QED) is 0.186. The van der Waals surface area contributed by atoms with Crippen LogP contribution < -0.4 is 0 Å². The second kappa shape index (κ2) is 10.8. The van der Waals surface area contributed by atoms with Gasteiger partial charge in [-0.05, 0) is 71.1 Å². The van der Waals surface area contributed by atoms with Crippen molar-refractivity contribution in [3.8, 4) is 28.3 Å². The minimum absolute atomic E-state index is 0.170. The molecule has 0 aliphatic carbocycles. The van der Waals surface area contributed by atoms with Crippen molar-refractivity contribution in [1.29, 1.82) is 0 Å². The molecule has 5 heterocycles. The molecule has 0 spiro atoms. The zero-order chi connectivity index (χ0) is 35.5. The maximum atomic E-state index is 5.13. The Morgan fingerprint density at radius 1 is 0.577 bits per heavy atom. The third kappa shape index (κ3) is 4.11. The number of hydrogen-bond donors (Lipinski definition) is 0. The van der Waals surface area contributed by atoms with E-state index in [-0.39, 0.29) is 10.8 Å². The molecule has 0 amide bonds. The van der Waals surface area contributed by atoms with Crippen molar-refractivity contribution in [2.24, 2.45) is 0 Å². The summed E-state index contributed by atoms with van der Waals surface area (Å²) < 4.78 is 7.00. The van der Waals surface area contributed by atoms with Crippen molar-refractivity contribution >= 4 is 43.6 Å². The molecule has 0 atom stereocenters. The van der Waals surface area contributed by atoms with Crippen LogP contribution in [0.15, 0.2) is 134 Å². The Bertz CT molecular complexity index is 2880. The normalized spacial score (nSPS) is 14.8. The van der Waals surface area contributed by atoms with E-state index in [0.29, 0.717) is 5.92 Å². The number of para-hydroxylation sites is 2. The van der Waals surface area contributed by atoms with Crippen molar-refractivity contribution in [3.05, 3.63) is 151 Å². The Morgan fingerprint density at radius 2 is 1.23 bits per heavy atom. The Balaban J connectivity index is 1.27. The first-order chi connectivity index (χ1) is 25.1. The molecule has 52 heavy (non-hydrogen) atoms. The monoisotopic (exact) mass is 675 g/mol. The first-order valence-corrected chi connectivity index (χ1v) is 18.4. The maximum absolute atomic E-state index is 5.13. The van der Waals surface area contributed by atoms with E-state index in [2.05, 4.69) is 183 Å². The number of benzene rings is 5.